The zero-order chi connectivity index (χ0) is 14.0. The second-order valence-corrected chi connectivity index (χ2v) is 5.83. The average Bonchev–Trinajstić information content (AvgIpc) is 2.38. The summed E-state index contributed by atoms with van der Waals surface area (Å²) in [5.74, 6) is 1.36. The Morgan fingerprint density at radius 1 is 1.21 bits per heavy atom. The Morgan fingerprint density at radius 2 is 1.95 bits per heavy atom. The minimum Gasteiger partial charge on any atom is -0.437 e. The minimum atomic E-state index is 0.416. The zero-order valence-corrected chi connectivity index (χ0v) is 13.7. The van der Waals surface area contributed by atoms with Crippen molar-refractivity contribution in [1.29, 1.82) is 0 Å². The van der Waals surface area contributed by atoms with Crippen molar-refractivity contribution >= 4 is 50.7 Å². The van der Waals surface area contributed by atoms with E-state index in [1.165, 1.54) is 0 Å². The molecular weight excluding hydrogens is 372 g/mol. The highest BCUT2D eigenvalue weighted by Gasteiger charge is 2.10. The number of pyridine rings is 1. The van der Waals surface area contributed by atoms with Gasteiger partial charge in [0.15, 0.2) is 0 Å². The fraction of sp³-hybridized carbons (Fsp3) is 0.154. The quantitative estimate of drug-likeness (QED) is 0.481. The van der Waals surface area contributed by atoms with Crippen molar-refractivity contribution in [2.45, 2.75) is 12.8 Å². The molecule has 2 nitrogen and oxygen atoms in total. The molecule has 2 aromatic rings. The van der Waals surface area contributed by atoms with Crippen LogP contribution in [0.25, 0.3) is 0 Å². The number of rotatable bonds is 3. The molecule has 1 aromatic heterocycles. The number of alkyl halides is 1. The Balaban J connectivity index is 2.33. The third kappa shape index (κ3) is 3.54. The molecule has 0 fully saturated rings. The van der Waals surface area contributed by atoms with Crippen LogP contribution in [0.3, 0.4) is 0 Å². The van der Waals surface area contributed by atoms with E-state index in [0.717, 1.165) is 11.1 Å². The number of ether oxygens (including phenoxy) is 1. The molecular formula is C13H9BrCl3NO. The van der Waals surface area contributed by atoms with Gasteiger partial charge in [0.25, 0.3) is 0 Å². The van der Waals surface area contributed by atoms with Gasteiger partial charge in [-0.2, -0.15) is 0 Å². The Kier molecular flexibility index (Phi) is 4.96. The molecule has 0 saturated heterocycles. The molecule has 100 valence electrons. The summed E-state index contributed by atoms with van der Waals surface area (Å²) in [6.07, 6.45) is 1.67. The molecule has 6 heteroatoms. The van der Waals surface area contributed by atoms with Crippen molar-refractivity contribution in [2.24, 2.45) is 0 Å². The van der Waals surface area contributed by atoms with Gasteiger partial charge in [-0.25, -0.2) is 4.98 Å². The van der Waals surface area contributed by atoms with Gasteiger partial charge in [0, 0.05) is 28.2 Å². The van der Waals surface area contributed by atoms with E-state index >= 15 is 0 Å². The Hall–Kier alpha value is -0.480. The van der Waals surface area contributed by atoms with Crippen molar-refractivity contribution < 1.29 is 4.74 Å². The van der Waals surface area contributed by atoms with E-state index in [-0.39, 0.29) is 0 Å². The van der Waals surface area contributed by atoms with Gasteiger partial charge in [0.1, 0.15) is 5.75 Å². The summed E-state index contributed by atoms with van der Waals surface area (Å²) in [6, 6.07) is 5.25. The zero-order valence-electron chi connectivity index (χ0n) is 9.88. The summed E-state index contributed by atoms with van der Waals surface area (Å²) in [7, 11) is 0. The van der Waals surface area contributed by atoms with Crippen LogP contribution in [0.4, 0.5) is 0 Å². The van der Waals surface area contributed by atoms with E-state index in [2.05, 4.69) is 20.9 Å². The number of benzene rings is 1. The number of aryl methyl sites for hydroxylation is 1. The topological polar surface area (TPSA) is 22.1 Å². The molecule has 0 aliphatic rings. The SMILES string of the molecule is Cc1cc(CCl)cnc1Oc1cc(Cl)c(Br)cc1Cl. The lowest BCUT2D eigenvalue weighted by Gasteiger charge is -2.10. The van der Waals surface area contributed by atoms with Gasteiger partial charge in [-0.3, -0.25) is 0 Å². The largest absolute Gasteiger partial charge is 0.437 e. The first-order valence-corrected chi connectivity index (χ1v) is 7.43. The van der Waals surface area contributed by atoms with Gasteiger partial charge < -0.3 is 4.74 Å². The number of hydrogen-bond acceptors (Lipinski definition) is 2. The fourth-order valence-electron chi connectivity index (χ4n) is 1.49. The second kappa shape index (κ2) is 6.31. The predicted molar refractivity (Wildman–Crippen MR) is 82.8 cm³/mol. The summed E-state index contributed by atoms with van der Waals surface area (Å²) < 4.78 is 6.40. The maximum absolute atomic E-state index is 6.10. The van der Waals surface area contributed by atoms with Gasteiger partial charge in [-0.15, -0.1) is 11.6 Å². The second-order valence-electron chi connectivity index (χ2n) is 3.90. The summed E-state index contributed by atoms with van der Waals surface area (Å²) in [4.78, 5) is 4.22. The number of halogens is 4. The minimum absolute atomic E-state index is 0.416. The molecule has 0 N–H and O–H groups in total. The van der Waals surface area contributed by atoms with Gasteiger partial charge in [-0.05, 0) is 40.5 Å². The summed E-state index contributed by atoms with van der Waals surface area (Å²) in [5.41, 5.74) is 1.82. The van der Waals surface area contributed by atoms with E-state index in [1.54, 1.807) is 18.3 Å². The molecule has 1 aromatic carbocycles. The highest BCUT2D eigenvalue weighted by atomic mass is 79.9. The smallest absolute Gasteiger partial charge is 0.222 e. The van der Waals surface area contributed by atoms with Crippen LogP contribution in [0, 0.1) is 6.92 Å². The molecule has 1 heterocycles. The molecule has 0 amide bonds. The van der Waals surface area contributed by atoms with Crippen LogP contribution < -0.4 is 4.74 Å². The normalized spacial score (nSPS) is 10.6. The Morgan fingerprint density at radius 3 is 2.58 bits per heavy atom. The first kappa shape index (κ1) is 14.9. The van der Waals surface area contributed by atoms with Crippen LogP contribution in [0.15, 0.2) is 28.9 Å². The molecule has 0 atom stereocenters. The maximum atomic E-state index is 6.10. The molecule has 0 unspecified atom stereocenters. The highest BCUT2D eigenvalue weighted by Crippen LogP contribution is 2.36. The van der Waals surface area contributed by atoms with Crippen molar-refractivity contribution in [2.75, 3.05) is 0 Å². The van der Waals surface area contributed by atoms with E-state index in [0.29, 0.717) is 32.0 Å². The lowest BCUT2D eigenvalue weighted by Crippen LogP contribution is -1.94. The third-order valence-electron chi connectivity index (χ3n) is 2.42. The number of hydrogen-bond donors (Lipinski definition) is 0. The molecule has 0 aliphatic carbocycles. The fourth-order valence-corrected chi connectivity index (χ4v) is 2.46. The van der Waals surface area contributed by atoms with Crippen LogP contribution in [0.1, 0.15) is 11.1 Å². The average molecular weight is 381 g/mol. The molecule has 0 saturated carbocycles. The third-order valence-corrected chi connectivity index (χ3v) is 4.22. The van der Waals surface area contributed by atoms with E-state index in [9.17, 15) is 0 Å². The van der Waals surface area contributed by atoms with Crippen molar-refractivity contribution in [1.82, 2.24) is 4.98 Å². The monoisotopic (exact) mass is 379 g/mol. The predicted octanol–water partition coefficient (Wildman–Crippen LogP) is 5.99. The van der Waals surface area contributed by atoms with Crippen LogP contribution in [-0.4, -0.2) is 4.98 Å². The molecule has 19 heavy (non-hydrogen) atoms. The van der Waals surface area contributed by atoms with Crippen LogP contribution in [-0.2, 0) is 5.88 Å². The van der Waals surface area contributed by atoms with E-state index in [1.807, 2.05) is 13.0 Å². The maximum Gasteiger partial charge on any atom is 0.222 e. The highest BCUT2D eigenvalue weighted by molar-refractivity contribution is 9.10. The lowest BCUT2D eigenvalue weighted by atomic mass is 10.2. The van der Waals surface area contributed by atoms with E-state index < -0.39 is 0 Å². The van der Waals surface area contributed by atoms with E-state index in [4.69, 9.17) is 39.5 Å². The Bertz CT molecular complexity index is 619. The van der Waals surface area contributed by atoms with Crippen molar-refractivity contribution in [3.05, 3.63) is 50.0 Å². The summed E-state index contributed by atoms with van der Waals surface area (Å²) in [6.45, 7) is 1.90. The van der Waals surface area contributed by atoms with Gasteiger partial charge in [-0.1, -0.05) is 23.2 Å². The van der Waals surface area contributed by atoms with Crippen molar-refractivity contribution in [3.63, 3.8) is 0 Å². The number of nitrogens with zero attached hydrogens (tertiary/aromatic N) is 1. The van der Waals surface area contributed by atoms with Crippen LogP contribution in [0.2, 0.25) is 10.0 Å². The first-order valence-electron chi connectivity index (χ1n) is 5.35. The molecule has 0 spiro atoms. The molecule has 0 bridgehead atoms. The van der Waals surface area contributed by atoms with Gasteiger partial charge >= 0.3 is 0 Å². The van der Waals surface area contributed by atoms with Crippen molar-refractivity contribution in [3.8, 4) is 11.6 Å². The standard InChI is InChI=1S/C13H9BrCl3NO/c1-7-2-8(5-15)6-18-13(7)19-12-4-10(16)9(14)3-11(12)17/h2-4,6H,5H2,1H3. The van der Waals surface area contributed by atoms with Gasteiger partial charge in [0.2, 0.25) is 5.88 Å². The van der Waals surface area contributed by atoms with Crippen LogP contribution in [0.5, 0.6) is 11.6 Å². The Labute approximate surface area is 134 Å². The molecule has 0 radical (unpaired) electrons. The summed E-state index contributed by atoms with van der Waals surface area (Å²) in [5, 5.41) is 0.980. The molecule has 0 aliphatic heterocycles. The number of aromatic nitrogens is 1. The van der Waals surface area contributed by atoms with Crippen LogP contribution >= 0.6 is 50.7 Å². The summed E-state index contributed by atoms with van der Waals surface area (Å²) >= 11 is 21.2. The molecule has 2 rings (SSSR count). The first-order chi connectivity index (χ1) is 9.01. The van der Waals surface area contributed by atoms with Gasteiger partial charge in [0.05, 0.1) is 10.0 Å². The lowest BCUT2D eigenvalue weighted by molar-refractivity contribution is 0.459.